The molecule has 1 fully saturated rings. The maximum atomic E-state index is 13.0. The SMILES string of the molecule is C[C@@H](OC(=O)Nc1c(-c2ccc(-c3ccc(C4(OC=O)CC4)cc3)cc2)sc2ncc(Cl)cc12)c1ccccc1Cl. The second-order valence-corrected chi connectivity index (χ2v) is 11.7. The quantitative estimate of drug-likeness (QED) is 0.179. The second-order valence-electron chi connectivity index (χ2n) is 9.87. The normalized spacial score (nSPS) is 14.3. The van der Waals surface area contributed by atoms with E-state index in [4.69, 9.17) is 32.7 Å². The minimum absolute atomic E-state index is 0.460. The first-order valence-electron chi connectivity index (χ1n) is 13.0. The zero-order valence-electron chi connectivity index (χ0n) is 21.9. The van der Waals surface area contributed by atoms with Gasteiger partial charge >= 0.3 is 6.09 Å². The molecule has 0 bridgehead atoms. The van der Waals surface area contributed by atoms with E-state index in [1.54, 1.807) is 25.3 Å². The second kappa shape index (κ2) is 11.2. The first kappa shape index (κ1) is 27.3. The van der Waals surface area contributed by atoms with Crippen LogP contribution in [0.5, 0.6) is 0 Å². The summed E-state index contributed by atoms with van der Waals surface area (Å²) in [7, 11) is 0. The Morgan fingerprint density at radius 1 is 1.00 bits per heavy atom. The number of amides is 1. The number of carbonyl (C=O) groups is 2. The summed E-state index contributed by atoms with van der Waals surface area (Å²) in [5.41, 5.74) is 4.84. The minimum Gasteiger partial charge on any atom is -0.456 e. The highest BCUT2D eigenvalue weighted by atomic mass is 35.5. The number of thiophene rings is 1. The van der Waals surface area contributed by atoms with Crippen LogP contribution in [0, 0.1) is 0 Å². The van der Waals surface area contributed by atoms with E-state index < -0.39 is 17.8 Å². The van der Waals surface area contributed by atoms with E-state index in [0.29, 0.717) is 22.2 Å². The number of nitrogens with one attached hydrogen (secondary N) is 1. The zero-order chi connectivity index (χ0) is 28.6. The Morgan fingerprint density at radius 3 is 2.32 bits per heavy atom. The summed E-state index contributed by atoms with van der Waals surface area (Å²) in [4.78, 5) is 30.0. The van der Waals surface area contributed by atoms with Crippen LogP contribution < -0.4 is 5.32 Å². The van der Waals surface area contributed by atoms with E-state index in [1.165, 1.54) is 11.3 Å². The van der Waals surface area contributed by atoms with Crippen LogP contribution >= 0.6 is 34.5 Å². The standard InChI is InChI=1S/C32H24Cl2N2O4S/c1-19(25-4-2-3-5-27(25)34)40-31(38)36-28-26-16-24(33)17-35-30(26)41-29(28)22-8-6-20(7-9-22)21-10-12-23(13-11-21)32(14-15-32)39-18-37/h2-13,16-19H,14-15H2,1H3,(H,36,38)/t19-/m1/s1. The highest BCUT2D eigenvalue weighted by molar-refractivity contribution is 7.22. The molecule has 6 nitrogen and oxygen atoms in total. The van der Waals surface area contributed by atoms with Crippen molar-refractivity contribution in [3.63, 3.8) is 0 Å². The molecule has 0 spiro atoms. The van der Waals surface area contributed by atoms with E-state index in [1.807, 2.05) is 66.7 Å². The molecule has 1 aliphatic carbocycles. The molecule has 9 heteroatoms. The lowest BCUT2D eigenvalue weighted by Gasteiger charge is -2.16. The summed E-state index contributed by atoms with van der Waals surface area (Å²) >= 11 is 14.0. The number of rotatable bonds is 8. The average Bonchev–Trinajstić information content (AvgIpc) is 3.69. The topological polar surface area (TPSA) is 77.5 Å². The molecule has 6 rings (SSSR count). The third kappa shape index (κ3) is 5.53. The number of benzene rings is 3. The van der Waals surface area contributed by atoms with Gasteiger partial charge in [-0.2, -0.15) is 0 Å². The van der Waals surface area contributed by atoms with Crippen molar-refractivity contribution in [3.8, 4) is 21.6 Å². The Labute approximate surface area is 250 Å². The highest BCUT2D eigenvalue weighted by Gasteiger charge is 2.46. The van der Waals surface area contributed by atoms with Crippen LogP contribution in [-0.4, -0.2) is 17.5 Å². The van der Waals surface area contributed by atoms with Crippen molar-refractivity contribution in [1.29, 1.82) is 0 Å². The summed E-state index contributed by atoms with van der Waals surface area (Å²) in [6, 6.07) is 25.2. The molecule has 206 valence electrons. The van der Waals surface area contributed by atoms with Gasteiger partial charge in [0.15, 0.2) is 0 Å². The predicted molar refractivity (Wildman–Crippen MR) is 164 cm³/mol. The van der Waals surface area contributed by atoms with Crippen molar-refractivity contribution in [3.05, 3.63) is 106 Å². The number of aromatic nitrogens is 1. The van der Waals surface area contributed by atoms with Gasteiger partial charge in [-0.15, -0.1) is 11.3 Å². The van der Waals surface area contributed by atoms with Gasteiger partial charge in [0.2, 0.25) is 0 Å². The molecule has 1 saturated carbocycles. The van der Waals surface area contributed by atoms with Crippen LogP contribution in [0.3, 0.4) is 0 Å². The van der Waals surface area contributed by atoms with Gasteiger partial charge in [-0.05, 0) is 54.2 Å². The van der Waals surface area contributed by atoms with Crippen LogP contribution in [0.15, 0.2) is 85.1 Å². The molecule has 1 atom stereocenters. The number of anilines is 1. The molecule has 0 saturated heterocycles. The molecule has 3 aromatic carbocycles. The van der Waals surface area contributed by atoms with Gasteiger partial charge in [-0.1, -0.05) is 89.9 Å². The first-order valence-corrected chi connectivity index (χ1v) is 14.6. The number of fused-ring (bicyclic) bond motifs is 1. The molecule has 1 N–H and O–H groups in total. The zero-order valence-corrected chi connectivity index (χ0v) is 24.2. The average molecular weight is 604 g/mol. The third-order valence-corrected chi connectivity index (χ3v) is 8.95. The van der Waals surface area contributed by atoms with Crippen LogP contribution in [0.2, 0.25) is 10.0 Å². The third-order valence-electron chi connectivity index (χ3n) is 7.24. The summed E-state index contributed by atoms with van der Waals surface area (Å²) in [6.45, 7) is 2.30. The van der Waals surface area contributed by atoms with E-state index in [2.05, 4.69) is 10.3 Å². The number of hydrogen-bond donors (Lipinski definition) is 1. The molecule has 1 aliphatic rings. The van der Waals surface area contributed by atoms with Crippen LogP contribution in [-0.2, 0) is 19.9 Å². The minimum atomic E-state index is -0.609. The molecule has 5 aromatic rings. The molecule has 2 aromatic heterocycles. The molecule has 0 aliphatic heterocycles. The number of carbonyl (C=O) groups excluding carboxylic acids is 2. The predicted octanol–water partition coefficient (Wildman–Crippen LogP) is 9.41. The number of hydrogen-bond acceptors (Lipinski definition) is 6. The van der Waals surface area contributed by atoms with Crippen molar-refractivity contribution < 1.29 is 19.1 Å². The van der Waals surface area contributed by atoms with E-state index in [-0.39, 0.29) is 0 Å². The number of pyridine rings is 1. The fraction of sp³-hybridized carbons (Fsp3) is 0.156. The Hall–Kier alpha value is -3.91. The summed E-state index contributed by atoms with van der Waals surface area (Å²) in [5.74, 6) is 0. The number of ether oxygens (including phenoxy) is 2. The Bertz CT molecular complexity index is 1750. The lowest BCUT2D eigenvalue weighted by molar-refractivity contribution is -0.136. The van der Waals surface area contributed by atoms with E-state index in [9.17, 15) is 9.59 Å². The van der Waals surface area contributed by atoms with Crippen molar-refractivity contribution in [2.75, 3.05) is 5.32 Å². The molecule has 0 unspecified atom stereocenters. The molecule has 2 heterocycles. The monoisotopic (exact) mass is 602 g/mol. The van der Waals surface area contributed by atoms with Gasteiger partial charge in [0.25, 0.3) is 6.47 Å². The lowest BCUT2D eigenvalue weighted by Crippen LogP contribution is -2.16. The van der Waals surface area contributed by atoms with Gasteiger partial charge in [-0.25, -0.2) is 9.78 Å². The van der Waals surface area contributed by atoms with Crippen LogP contribution in [0.1, 0.15) is 37.0 Å². The van der Waals surface area contributed by atoms with Crippen LogP contribution in [0.4, 0.5) is 10.5 Å². The summed E-state index contributed by atoms with van der Waals surface area (Å²) < 4.78 is 11.0. The van der Waals surface area contributed by atoms with Gasteiger partial charge < -0.3 is 9.47 Å². The molecule has 0 radical (unpaired) electrons. The van der Waals surface area contributed by atoms with E-state index in [0.717, 1.165) is 55.8 Å². The highest BCUT2D eigenvalue weighted by Crippen LogP contribution is 2.49. The largest absolute Gasteiger partial charge is 0.456 e. The number of nitrogens with zero attached hydrogens (tertiary/aromatic N) is 1. The van der Waals surface area contributed by atoms with Crippen molar-refractivity contribution in [2.24, 2.45) is 0 Å². The van der Waals surface area contributed by atoms with Crippen molar-refractivity contribution >= 4 is 63.0 Å². The van der Waals surface area contributed by atoms with Gasteiger partial charge in [0.05, 0.1) is 15.6 Å². The maximum Gasteiger partial charge on any atom is 0.412 e. The Kier molecular flexibility index (Phi) is 7.43. The Morgan fingerprint density at radius 2 is 1.66 bits per heavy atom. The fourth-order valence-corrected chi connectivity index (χ4v) is 6.44. The maximum absolute atomic E-state index is 13.0. The fourth-order valence-electron chi connectivity index (χ4n) is 4.91. The Balaban J connectivity index is 1.27. The van der Waals surface area contributed by atoms with Crippen molar-refractivity contribution in [2.45, 2.75) is 31.5 Å². The van der Waals surface area contributed by atoms with Gasteiger partial charge in [0, 0.05) is 22.2 Å². The molecular formula is C32H24Cl2N2O4S. The molecule has 1 amide bonds. The van der Waals surface area contributed by atoms with Gasteiger partial charge in [0.1, 0.15) is 16.5 Å². The number of halogens is 2. The smallest absolute Gasteiger partial charge is 0.412 e. The molecular weight excluding hydrogens is 579 g/mol. The van der Waals surface area contributed by atoms with E-state index >= 15 is 0 Å². The van der Waals surface area contributed by atoms with Crippen molar-refractivity contribution in [1.82, 2.24) is 4.98 Å². The summed E-state index contributed by atoms with van der Waals surface area (Å²) in [6.07, 6.45) is 2.12. The first-order chi connectivity index (χ1) is 19.9. The van der Waals surface area contributed by atoms with Gasteiger partial charge in [-0.3, -0.25) is 10.1 Å². The van der Waals surface area contributed by atoms with Crippen LogP contribution in [0.25, 0.3) is 31.8 Å². The molecule has 41 heavy (non-hydrogen) atoms. The summed E-state index contributed by atoms with van der Waals surface area (Å²) in [5, 5.41) is 4.66. The lowest BCUT2D eigenvalue weighted by atomic mass is 9.99.